The molecule has 3 heteroatoms. The topological polar surface area (TPSA) is 6.48 Å². The Morgan fingerprint density at radius 3 is 0.979 bits per heavy atom. The predicted octanol–water partition coefficient (Wildman–Crippen LogP) is 23.3. The zero-order valence-corrected chi connectivity index (χ0v) is 59.7. The van der Waals surface area contributed by atoms with E-state index in [0.29, 0.717) is 0 Å². The van der Waals surface area contributed by atoms with Crippen molar-refractivity contribution in [1.29, 1.82) is 0 Å². The van der Waals surface area contributed by atoms with Gasteiger partial charge in [-0.05, 0) is 198 Å². The zero-order valence-electron chi connectivity index (χ0n) is 59.7. The summed E-state index contributed by atoms with van der Waals surface area (Å²) in [6.07, 6.45) is 0.898. The monoisotopic (exact) mass is 1240 g/mol. The molecule has 0 bridgehead atoms. The van der Waals surface area contributed by atoms with Crippen molar-refractivity contribution in [1.82, 2.24) is 0 Å². The third-order valence-corrected chi connectivity index (χ3v) is 20.9. The first kappa shape index (κ1) is 63.5. The molecule has 95 heavy (non-hydrogen) atoms. The van der Waals surface area contributed by atoms with Crippen LogP contribution in [0.5, 0.6) is 0 Å². The highest BCUT2D eigenvalue weighted by Crippen LogP contribution is 2.53. The van der Waals surface area contributed by atoms with Crippen molar-refractivity contribution in [3.05, 3.63) is 292 Å². The SMILES string of the molecule is CC(C)(C)c1cc(-c2ccc3c(c2)N(c2ccc(C(C)(C)C)cc2-c2ccccc2)c2cc(C4c5ccccc5Cc5ccccc54)cc4c2B3c2ccc(-c3cc(C(C)(C)C)cc(C(C)(C)C)c3)cc2N4c2ccc(C(C)(C)C)cc2-c2ccccc2)cc(C(C)(C)C)c1. The highest BCUT2D eigenvalue weighted by molar-refractivity contribution is 7.00. The second kappa shape index (κ2) is 22.9. The summed E-state index contributed by atoms with van der Waals surface area (Å²) in [5.74, 6) is -0.0547. The van der Waals surface area contributed by atoms with Gasteiger partial charge in [0.15, 0.2) is 0 Å². The molecule has 11 aromatic rings. The number of anilines is 6. The average molecular weight is 1240 g/mol. The summed E-state index contributed by atoms with van der Waals surface area (Å²) in [7, 11) is 0. The third kappa shape index (κ3) is 11.6. The van der Waals surface area contributed by atoms with E-state index >= 15 is 0 Å². The molecule has 0 amide bonds. The van der Waals surface area contributed by atoms with E-state index in [1.165, 1.54) is 145 Å². The summed E-state index contributed by atoms with van der Waals surface area (Å²) in [5, 5.41) is 0. The number of hydrogen-bond donors (Lipinski definition) is 0. The van der Waals surface area contributed by atoms with Gasteiger partial charge in [-0.25, -0.2) is 0 Å². The van der Waals surface area contributed by atoms with Gasteiger partial charge in [0, 0.05) is 39.8 Å². The van der Waals surface area contributed by atoms with Gasteiger partial charge in [-0.3, -0.25) is 0 Å². The summed E-state index contributed by atoms with van der Waals surface area (Å²) in [6.45, 7) is 42.2. The molecule has 2 aliphatic heterocycles. The molecule has 0 unspecified atom stereocenters. The lowest BCUT2D eigenvalue weighted by molar-refractivity contribution is 0.568. The van der Waals surface area contributed by atoms with Crippen LogP contribution in [0.1, 0.15) is 192 Å². The van der Waals surface area contributed by atoms with Crippen molar-refractivity contribution in [2.75, 3.05) is 9.80 Å². The summed E-state index contributed by atoms with van der Waals surface area (Å²) in [5.41, 5.74) is 35.0. The summed E-state index contributed by atoms with van der Waals surface area (Å²) in [6, 6.07) is 90.9. The Balaban J connectivity index is 1.17. The van der Waals surface area contributed by atoms with Crippen LogP contribution in [-0.4, -0.2) is 6.71 Å². The molecule has 0 atom stereocenters. The molecule has 3 aliphatic rings. The van der Waals surface area contributed by atoms with E-state index in [0.717, 1.165) is 17.8 Å². The molecule has 2 nitrogen and oxygen atoms in total. The second-order valence-corrected chi connectivity index (χ2v) is 33.9. The summed E-state index contributed by atoms with van der Waals surface area (Å²) < 4.78 is 0. The van der Waals surface area contributed by atoms with E-state index in [1.54, 1.807) is 0 Å². The molecular weight excluding hydrogens is 1140 g/mol. The third-order valence-electron chi connectivity index (χ3n) is 20.9. The number of fused-ring (bicyclic) bond motifs is 6. The van der Waals surface area contributed by atoms with Crippen molar-refractivity contribution >= 4 is 57.2 Å². The van der Waals surface area contributed by atoms with Crippen molar-refractivity contribution in [2.24, 2.45) is 0 Å². The molecule has 0 saturated heterocycles. The van der Waals surface area contributed by atoms with Gasteiger partial charge in [0.25, 0.3) is 6.71 Å². The maximum atomic E-state index is 2.72. The van der Waals surface area contributed by atoms with Crippen molar-refractivity contribution in [3.8, 4) is 44.5 Å². The maximum absolute atomic E-state index is 2.72. The molecule has 1 aliphatic carbocycles. The van der Waals surface area contributed by atoms with Gasteiger partial charge < -0.3 is 9.80 Å². The minimum absolute atomic E-state index is 0.0547. The minimum atomic E-state index is -0.152. The van der Waals surface area contributed by atoms with Gasteiger partial charge in [-0.1, -0.05) is 307 Å². The highest BCUT2D eigenvalue weighted by atomic mass is 15.2. The summed E-state index contributed by atoms with van der Waals surface area (Å²) in [4.78, 5) is 5.44. The minimum Gasteiger partial charge on any atom is -0.311 e. The first-order valence-corrected chi connectivity index (χ1v) is 34.8. The fraction of sp³-hybridized carbons (Fsp3) is 0.283. The van der Waals surface area contributed by atoms with Crippen LogP contribution in [0.15, 0.2) is 231 Å². The lowest BCUT2D eigenvalue weighted by Gasteiger charge is -2.46. The Hall–Kier alpha value is -8.92. The van der Waals surface area contributed by atoms with E-state index in [2.05, 4.69) is 365 Å². The largest absolute Gasteiger partial charge is 0.311 e. The molecule has 0 N–H and O–H groups in total. The fourth-order valence-corrected chi connectivity index (χ4v) is 15.2. The Bertz CT molecular complexity index is 4440. The average Bonchev–Trinajstić information content (AvgIpc) is 0.690. The van der Waals surface area contributed by atoms with Crippen LogP contribution in [0.25, 0.3) is 44.5 Å². The first-order chi connectivity index (χ1) is 44.9. The molecule has 0 aromatic heterocycles. The van der Waals surface area contributed by atoms with Crippen LogP contribution in [0.4, 0.5) is 34.1 Å². The number of rotatable bonds is 7. The van der Waals surface area contributed by atoms with Crippen LogP contribution < -0.4 is 26.2 Å². The predicted molar refractivity (Wildman–Crippen MR) is 411 cm³/mol. The molecular formula is C92H95BN2. The fourth-order valence-electron chi connectivity index (χ4n) is 15.2. The van der Waals surface area contributed by atoms with E-state index < -0.39 is 0 Å². The Morgan fingerprint density at radius 1 is 0.274 bits per heavy atom. The molecule has 2 heterocycles. The Morgan fingerprint density at radius 2 is 0.621 bits per heavy atom. The van der Waals surface area contributed by atoms with Crippen molar-refractivity contribution < 1.29 is 0 Å². The van der Waals surface area contributed by atoms with Gasteiger partial charge in [-0.2, -0.15) is 0 Å². The Labute approximate surface area is 569 Å². The standard InChI is InChI=1S/C92H95BN2/c1-87(2,3)67-39-43-79(75(56-67)58-29-21-19-22-30-58)94-81-50-60(64-46-69(89(7,8)9)54-70(47-64)90(10,11)12)37-41-77(81)93-78-42-38-61(65-48-71(91(13,14)15)55-72(49-65)92(16,17)18)51-82(78)95(80-44-40-68(88(4,5)6)57-76(80)59-31-23-20-24-32-59)84-53-66(52-83(94)86(84)93)85-73-35-27-25-33-62(73)45-63-34-26-28-36-74(63)85/h19-44,46-57,85H,45H2,1-18H3. The normalized spacial score (nSPS) is 14.1. The van der Waals surface area contributed by atoms with Gasteiger partial charge in [-0.15, -0.1) is 0 Å². The Kier molecular flexibility index (Phi) is 15.3. The van der Waals surface area contributed by atoms with Crippen LogP contribution in [0.2, 0.25) is 0 Å². The first-order valence-electron chi connectivity index (χ1n) is 34.8. The maximum Gasteiger partial charge on any atom is 0.252 e. The molecule has 0 radical (unpaired) electrons. The second-order valence-electron chi connectivity index (χ2n) is 33.9. The van der Waals surface area contributed by atoms with Crippen LogP contribution in [0, 0.1) is 0 Å². The van der Waals surface area contributed by atoms with Crippen LogP contribution >= 0.6 is 0 Å². The molecule has 476 valence electrons. The van der Waals surface area contributed by atoms with E-state index in [1.807, 2.05) is 0 Å². The molecule has 0 spiro atoms. The number of benzene rings is 11. The van der Waals surface area contributed by atoms with E-state index in [-0.39, 0.29) is 45.1 Å². The number of hydrogen-bond acceptors (Lipinski definition) is 2. The van der Waals surface area contributed by atoms with E-state index in [9.17, 15) is 0 Å². The van der Waals surface area contributed by atoms with Gasteiger partial charge >= 0.3 is 0 Å². The van der Waals surface area contributed by atoms with Crippen molar-refractivity contribution in [3.63, 3.8) is 0 Å². The lowest BCUT2D eigenvalue weighted by atomic mass is 9.33. The molecule has 0 fully saturated rings. The molecule has 11 aromatic carbocycles. The highest BCUT2D eigenvalue weighted by Gasteiger charge is 2.46. The quantitative estimate of drug-likeness (QED) is 0.147. The molecule has 14 rings (SSSR count). The molecule has 0 saturated carbocycles. The summed E-state index contributed by atoms with van der Waals surface area (Å²) >= 11 is 0. The lowest BCUT2D eigenvalue weighted by Crippen LogP contribution is -2.61. The zero-order chi connectivity index (χ0) is 67.1. The van der Waals surface area contributed by atoms with Crippen LogP contribution in [-0.2, 0) is 38.9 Å². The smallest absolute Gasteiger partial charge is 0.252 e. The number of nitrogens with zero attached hydrogens (tertiary/aromatic N) is 2. The van der Waals surface area contributed by atoms with Gasteiger partial charge in [0.2, 0.25) is 0 Å². The van der Waals surface area contributed by atoms with Crippen molar-refractivity contribution in [2.45, 2.75) is 169 Å². The van der Waals surface area contributed by atoms with E-state index in [4.69, 9.17) is 0 Å². The van der Waals surface area contributed by atoms with Gasteiger partial charge in [0.05, 0.1) is 11.4 Å². The van der Waals surface area contributed by atoms with Crippen LogP contribution in [0.3, 0.4) is 0 Å². The van der Waals surface area contributed by atoms with Gasteiger partial charge in [0.1, 0.15) is 0 Å².